The summed E-state index contributed by atoms with van der Waals surface area (Å²) in [5, 5.41) is 5.78. The number of fused-ring (bicyclic) bond motifs is 1. The Labute approximate surface area is 145 Å². The zero-order valence-electron chi connectivity index (χ0n) is 14.1. The molecular weight excluding hydrogens is 324 g/mol. The minimum absolute atomic E-state index is 0.103. The van der Waals surface area contributed by atoms with Crippen LogP contribution in [-0.2, 0) is 4.79 Å². The van der Waals surface area contributed by atoms with Gasteiger partial charge in [-0.15, -0.1) is 11.3 Å². The van der Waals surface area contributed by atoms with Crippen LogP contribution in [0.1, 0.15) is 45.6 Å². The Balaban J connectivity index is 1.85. The summed E-state index contributed by atoms with van der Waals surface area (Å²) in [4.78, 5) is 26.8. The molecule has 0 aliphatic carbocycles. The van der Waals surface area contributed by atoms with Gasteiger partial charge in [0.05, 0.1) is 17.3 Å². The number of thiophene rings is 1. The van der Waals surface area contributed by atoms with Crippen molar-refractivity contribution in [3.63, 3.8) is 0 Å². The van der Waals surface area contributed by atoms with Crippen LogP contribution in [0.15, 0.2) is 24.3 Å². The molecule has 24 heavy (non-hydrogen) atoms. The molecule has 3 rings (SSSR count). The van der Waals surface area contributed by atoms with E-state index in [1.807, 2.05) is 6.92 Å². The second kappa shape index (κ2) is 6.28. The van der Waals surface area contributed by atoms with Crippen LogP contribution in [0.2, 0.25) is 0 Å². The third-order valence-corrected chi connectivity index (χ3v) is 5.06. The molecule has 0 fully saturated rings. The van der Waals surface area contributed by atoms with E-state index in [0.717, 1.165) is 5.56 Å². The predicted molar refractivity (Wildman–Crippen MR) is 94.8 cm³/mol. The third-order valence-electron chi connectivity index (χ3n) is 4.07. The minimum Gasteiger partial charge on any atom is -0.478 e. The molecule has 1 aliphatic rings. The second-order valence-electron chi connectivity index (χ2n) is 6.00. The first-order valence-corrected chi connectivity index (χ1v) is 8.66. The molecule has 0 bridgehead atoms. The molecule has 1 aromatic carbocycles. The van der Waals surface area contributed by atoms with Crippen molar-refractivity contribution in [3.05, 3.63) is 45.1 Å². The molecule has 0 radical (unpaired) electrons. The van der Waals surface area contributed by atoms with Gasteiger partial charge in [0.2, 0.25) is 0 Å². The van der Waals surface area contributed by atoms with Gasteiger partial charge in [0, 0.05) is 9.75 Å². The van der Waals surface area contributed by atoms with Gasteiger partial charge in [-0.1, -0.05) is 6.07 Å². The summed E-state index contributed by atoms with van der Waals surface area (Å²) < 4.78 is 5.64. The molecule has 5 nitrogen and oxygen atoms in total. The van der Waals surface area contributed by atoms with Gasteiger partial charge in [-0.05, 0) is 51.5 Å². The van der Waals surface area contributed by atoms with Gasteiger partial charge < -0.3 is 15.4 Å². The van der Waals surface area contributed by atoms with E-state index in [4.69, 9.17) is 4.74 Å². The average Bonchev–Trinajstić information content (AvgIpc) is 2.86. The maximum atomic E-state index is 12.7. The van der Waals surface area contributed by atoms with Crippen LogP contribution in [-0.4, -0.2) is 17.9 Å². The molecule has 126 valence electrons. The third kappa shape index (κ3) is 3.01. The van der Waals surface area contributed by atoms with Gasteiger partial charge in [0.1, 0.15) is 0 Å². The number of carbonyl (C=O) groups excluding carboxylic acids is 2. The summed E-state index contributed by atoms with van der Waals surface area (Å²) in [7, 11) is 0. The van der Waals surface area contributed by atoms with E-state index in [-0.39, 0.29) is 17.9 Å². The van der Waals surface area contributed by atoms with Gasteiger partial charge >= 0.3 is 0 Å². The first-order chi connectivity index (χ1) is 11.4. The van der Waals surface area contributed by atoms with Gasteiger partial charge in [0.15, 0.2) is 11.9 Å². The van der Waals surface area contributed by atoms with Gasteiger partial charge in [-0.3, -0.25) is 9.59 Å². The quantitative estimate of drug-likeness (QED) is 0.894. The minimum atomic E-state index is -0.620. The van der Waals surface area contributed by atoms with Gasteiger partial charge in [-0.25, -0.2) is 0 Å². The molecule has 2 amide bonds. The SMILES string of the molecule is Cc1cc(C(C)NC(=O)c2cccc3c2OC(C)C(=O)N3)c(C)s1. The largest absolute Gasteiger partial charge is 0.478 e. The fraction of sp³-hybridized carbons (Fsp3) is 0.333. The fourth-order valence-corrected chi connectivity index (χ4v) is 3.86. The molecule has 0 spiro atoms. The monoisotopic (exact) mass is 344 g/mol. The van der Waals surface area contributed by atoms with Crippen LogP contribution < -0.4 is 15.4 Å². The lowest BCUT2D eigenvalue weighted by Crippen LogP contribution is -2.36. The van der Waals surface area contributed by atoms with Gasteiger partial charge in [0.25, 0.3) is 11.8 Å². The number of hydrogen-bond acceptors (Lipinski definition) is 4. The number of carbonyl (C=O) groups is 2. The first-order valence-electron chi connectivity index (χ1n) is 7.85. The highest BCUT2D eigenvalue weighted by Crippen LogP contribution is 2.34. The van der Waals surface area contributed by atoms with E-state index in [1.165, 1.54) is 9.75 Å². The van der Waals surface area contributed by atoms with Crippen molar-refractivity contribution in [1.29, 1.82) is 0 Å². The molecular formula is C18H20N2O3S. The fourth-order valence-electron chi connectivity index (χ4n) is 2.84. The summed E-state index contributed by atoms with van der Waals surface area (Å²) in [6, 6.07) is 7.17. The maximum absolute atomic E-state index is 12.7. The Kier molecular flexibility index (Phi) is 4.32. The highest BCUT2D eigenvalue weighted by Gasteiger charge is 2.28. The Bertz CT molecular complexity index is 813. The van der Waals surface area contributed by atoms with E-state index in [9.17, 15) is 9.59 Å². The number of ether oxygens (including phenoxy) is 1. The van der Waals surface area contributed by atoms with Crippen molar-refractivity contribution < 1.29 is 14.3 Å². The van der Waals surface area contributed by atoms with Gasteiger partial charge in [-0.2, -0.15) is 0 Å². The van der Waals surface area contributed by atoms with Crippen LogP contribution in [0, 0.1) is 13.8 Å². The molecule has 1 aliphatic heterocycles. The molecule has 2 atom stereocenters. The summed E-state index contributed by atoms with van der Waals surface area (Å²) >= 11 is 1.72. The van der Waals surface area contributed by atoms with Crippen molar-refractivity contribution >= 4 is 28.8 Å². The second-order valence-corrected chi connectivity index (χ2v) is 7.46. The number of aryl methyl sites for hydroxylation is 2. The summed E-state index contributed by atoms with van der Waals surface area (Å²) in [6.45, 7) is 7.74. The number of anilines is 1. The summed E-state index contributed by atoms with van der Waals surface area (Å²) in [6.07, 6.45) is -0.620. The predicted octanol–water partition coefficient (Wildman–Crippen LogP) is 3.58. The lowest BCUT2D eigenvalue weighted by atomic mass is 10.1. The van der Waals surface area contributed by atoms with E-state index < -0.39 is 6.10 Å². The van der Waals surface area contributed by atoms with E-state index in [0.29, 0.717) is 17.0 Å². The lowest BCUT2D eigenvalue weighted by molar-refractivity contribution is -0.122. The molecule has 2 unspecified atom stereocenters. The topological polar surface area (TPSA) is 67.4 Å². The van der Waals surface area contributed by atoms with E-state index in [2.05, 4.69) is 30.5 Å². The maximum Gasteiger partial charge on any atom is 0.265 e. The van der Waals surface area contributed by atoms with Crippen LogP contribution in [0.5, 0.6) is 5.75 Å². The van der Waals surface area contributed by atoms with Crippen molar-refractivity contribution in [2.75, 3.05) is 5.32 Å². The number of nitrogens with one attached hydrogen (secondary N) is 2. The summed E-state index contributed by atoms with van der Waals surface area (Å²) in [5.74, 6) is -0.00345. The van der Waals surface area contributed by atoms with Crippen LogP contribution in [0.4, 0.5) is 5.69 Å². The van der Waals surface area contributed by atoms with Crippen molar-refractivity contribution in [2.45, 2.75) is 39.8 Å². The number of hydrogen-bond donors (Lipinski definition) is 2. The van der Waals surface area contributed by atoms with E-state index >= 15 is 0 Å². The molecule has 2 N–H and O–H groups in total. The van der Waals surface area contributed by atoms with Crippen molar-refractivity contribution in [2.24, 2.45) is 0 Å². The molecule has 1 aromatic heterocycles. The first kappa shape index (κ1) is 16.5. The Morgan fingerprint density at radius 3 is 2.79 bits per heavy atom. The van der Waals surface area contributed by atoms with Crippen LogP contribution >= 0.6 is 11.3 Å². The molecule has 2 heterocycles. The number of benzene rings is 1. The van der Waals surface area contributed by atoms with Crippen LogP contribution in [0.25, 0.3) is 0 Å². The normalized spacial score (nSPS) is 17.5. The Morgan fingerprint density at radius 1 is 1.38 bits per heavy atom. The molecule has 6 heteroatoms. The zero-order valence-corrected chi connectivity index (χ0v) is 14.9. The highest BCUT2D eigenvalue weighted by atomic mass is 32.1. The lowest BCUT2D eigenvalue weighted by Gasteiger charge is -2.25. The molecule has 0 saturated heterocycles. The number of para-hydroxylation sites is 1. The smallest absolute Gasteiger partial charge is 0.265 e. The van der Waals surface area contributed by atoms with Crippen molar-refractivity contribution in [3.8, 4) is 5.75 Å². The number of amides is 2. The highest BCUT2D eigenvalue weighted by molar-refractivity contribution is 7.12. The standard InChI is InChI=1S/C18H20N2O3S/c1-9-8-14(12(4)24-9)10(2)19-18(22)13-6-5-7-15-16(13)23-11(3)17(21)20-15/h5-8,10-11H,1-4H3,(H,19,22)(H,20,21). The van der Waals surface area contributed by atoms with Crippen molar-refractivity contribution in [1.82, 2.24) is 5.32 Å². The number of rotatable bonds is 3. The van der Waals surface area contributed by atoms with E-state index in [1.54, 1.807) is 36.5 Å². The molecule has 2 aromatic rings. The average molecular weight is 344 g/mol. The summed E-state index contributed by atoms with van der Waals surface area (Å²) in [5.41, 5.74) is 2.08. The Morgan fingerprint density at radius 2 is 2.12 bits per heavy atom. The Hall–Kier alpha value is -2.34. The molecule has 0 saturated carbocycles. The van der Waals surface area contributed by atoms with Crippen LogP contribution in [0.3, 0.4) is 0 Å². The zero-order chi connectivity index (χ0) is 17.4.